The van der Waals surface area contributed by atoms with Crippen molar-refractivity contribution < 1.29 is 23.0 Å². The van der Waals surface area contributed by atoms with Crippen molar-refractivity contribution in [1.82, 2.24) is 9.62 Å². The highest BCUT2D eigenvalue weighted by molar-refractivity contribution is 7.89. The van der Waals surface area contributed by atoms with Crippen molar-refractivity contribution in [2.45, 2.75) is 24.3 Å². The van der Waals surface area contributed by atoms with Crippen molar-refractivity contribution in [3.8, 4) is 11.5 Å². The number of likely N-dealkylation sites (tertiary alicyclic amines) is 1. The molecule has 1 fully saturated rings. The minimum absolute atomic E-state index is 0.0000382. The number of sulfonamides is 1. The van der Waals surface area contributed by atoms with Crippen LogP contribution in [-0.2, 0) is 16.6 Å². The predicted octanol–water partition coefficient (Wildman–Crippen LogP) is 2.26. The summed E-state index contributed by atoms with van der Waals surface area (Å²) in [6.45, 7) is 3.43. The van der Waals surface area contributed by atoms with Crippen LogP contribution in [0.5, 0.6) is 11.5 Å². The fraction of sp³-hybridized carbons (Fsp3) is 0.455. The first-order valence-corrected chi connectivity index (χ1v) is 11.7. The Labute approximate surface area is 178 Å². The molecule has 8 heteroatoms. The van der Waals surface area contributed by atoms with Gasteiger partial charge in [0.2, 0.25) is 10.0 Å². The number of hydrogen-bond acceptors (Lipinski definition) is 6. The average molecular weight is 435 g/mol. The third-order valence-corrected chi connectivity index (χ3v) is 6.74. The van der Waals surface area contributed by atoms with Gasteiger partial charge in [0.15, 0.2) is 0 Å². The van der Waals surface area contributed by atoms with Crippen LogP contribution in [-0.4, -0.2) is 58.4 Å². The molecular formula is C22H30N2O5S. The quantitative estimate of drug-likeness (QED) is 0.596. The molecule has 0 spiro atoms. The summed E-state index contributed by atoms with van der Waals surface area (Å²) in [6.07, 6.45) is 1.90. The van der Waals surface area contributed by atoms with Crippen LogP contribution in [0.3, 0.4) is 0 Å². The lowest BCUT2D eigenvalue weighted by Crippen LogP contribution is -2.38. The van der Waals surface area contributed by atoms with Crippen molar-refractivity contribution in [2.24, 2.45) is 5.92 Å². The number of nitrogens with zero attached hydrogens (tertiary/aromatic N) is 1. The second kappa shape index (κ2) is 10.8. The van der Waals surface area contributed by atoms with Crippen molar-refractivity contribution in [1.29, 1.82) is 0 Å². The van der Waals surface area contributed by atoms with Crippen LogP contribution in [0.1, 0.15) is 18.4 Å². The lowest BCUT2D eigenvalue weighted by atomic mass is 9.97. The lowest BCUT2D eigenvalue weighted by Gasteiger charge is -2.32. The van der Waals surface area contributed by atoms with Gasteiger partial charge in [0.1, 0.15) is 18.1 Å². The maximum absolute atomic E-state index is 12.5. The van der Waals surface area contributed by atoms with Crippen LogP contribution in [0, 0.1) is 5.92 Å². The molecular weight excluding hydrogens is 404 g/mol. The van der Waals surface area contributed by atoms with Gasteiger partial charge in [0.05, 0.1) is 18.6 Å². The number of ether oxygens (including phenoxy) is 2. The maximum Gasteiger partial charge on any atom is 0.240 e. The van der Waals surface area contributed by atoms with E-state index in [1.807, 2.05) is 18.2 Å². The van der Waals surface area contributed by atoms with Gasteiger partial charge in [-0.15, -0.1) is 0 Å². The van der Waals surface area contributed by atoms with Gasteiger partial charge in [-0.25, -0.2) is 13.1 Å². The van der Waals surface area contributed by atoms with E-state index in [0.717, 1.165) is 38.2 Å². The Balaban J connectivity index is 1.45. The molecule has 2 N–H and O–H groups in total. The molecule has 0 aromatic heterocycles. The fourth-order valence-corrected chi connectivity index (χ4v) is 4.69. The van der Waals surface area contributed by atoms with Crippen LogP contribution in [0.4, 0.5) is 0 Å². The molecule has 1 heterocycles. The second-order valence-electron chi connectivity index (χ2n) is 7.47. The first-order valence-electron chi connectivity index (χ1n) is 10.2. The fourth-order valence-electron chi connectivity index (χ4n) is 3.57. The van der Waals surface area contributed by atoms with Crippen LogP contribution in [0.2, 0.25) is 0 Å². The van der Waals surface area contributed by atoms with Crippen LogP contribution in [0.15, 0.2) is 53.4 Å². The Morgan fingerprint density at radius 2 is 1.83 bits per heavy atom. The van der Waals surface area contributed by atoms with E-state index in [1.54, 1.807) is 31.4 Å². The van der Waals surface area contributed by atoms with Gasteiger partial charge in [-0.05, 0) is 73.8 Å². The van der Waals surface area contributed by atoms with Crippen molar-refractivity contribution in [2.75, 3.05) is 40.0 Å². The molecule has 7 nitrogen and oxygen atoms in total. The van der Waals surface area contributed by atoms with Crippen LogP contribution >= 0.6 is 0 Å². The summed E-state index contributed by atoms with van der Waals surface area (Å²) in [6, 6.07) is 14.3. The highest BCUT2D eigenvalue weighted by Gasteiger charge is 2.22. The summed E-state index contributed by atoms with van der Waals surface area (Å²) in [5, 5.41) is 8.88. The minimum Gasteiger partial charge on any atom is -0.497 e. The largest absolute Gasteiger partial charge is 0.497 e. The summed E-state index contributed by atoms with van der Waals surface area (Å²) in [7, 11) is -1.96. The number of piperidine rings is 1. The first kappa shape index (κ1) is 22.6. The Morgan fingerprint density at radius 1 is 1.10 bits per heavy atom. The number of hydrogen-bond donors (Lipinski definition) is 2. The van der Waals surface area contributed by atoms with Crippen molar-refractivity contribution in [3.05, 3.63) is 54.1 Å². The normalized spacial score (nSPS) is 15.8. The van der Waals surface area contributed by atoms with Crippen LogP contribution < -0.4 is 14.2 Å². The van der Waals surface area contributed by atoms with Gasteiger partial charge in [-0.1, -0.05) is 12.1 Å². The summed E-state index contributed by atoms with van der Waals surface area (Å²) in [5.74, 6) is 1.73. The predicted molar refractivity (Wildman–Crippen MR) is 115 cm³/mol. The molecule has 2 aromatic carbocycles. The van der Waals surface area contributed by atoms with Crippen molar-refractivity contribution >= 4 is 10.0 Å². The zero-order chi connectivity index (χ0) is 21.4. The van der Waals surface area contributed by atoms with Gasteiger partial charge in [-0.2, -0.15) is 0 Å². The summed E-state index contributed by atoms with van der Waals surface area (Å²) in [5.41, 5.74) is 1.17. The molecule has 164 valence electrons. The molecule has 1 aliphatic heterocycles. The highest BCUT2D eigenvalue weighted by Crippen LogP contribution is 2.21. The molecule has 30 heavy (non-hydrogen) atoms. The summed E-state index contributed by atoms with van der Waals surface area (Å²) >= 11 is 0. The third kappa shape index (κ3) is 6.43. The van der Waals surface area contributed by atoms with E-state index in [0.29, 0.717) is 24.8 Å². The molecule has 0 atom stereocenters. The molecule has 2 aromatic rings. The Morgan fingerprint density at radius 3 is 2.50 bits per heavy atom. The Bertz CT molecular complexity index is 894. The summed E-state index contributed by atoms with van der Waals surface area (Å²) < 4.78 is 38.3. The van der Waals surface area contributed by atoms with E-state index in [4.69, 9.17) is 14.6 Å². The molecule has 0 bridgehead atoms. The molecule has 0 saturated carbocycles. The Kier molecular flexibility index (Phi) is 8.09. The van der Waals surface area contributed by atoms with E-state index in [1.165, 1.54) is 5.56 Å². The number of methoxy groups -OCH3 is 1. The van der Waals surface area contributed by atoms with Gasteiger partial charge < -0.3 is 14.6 Å². The number of benzene rings is 2. The SMILES string of the molecule is COc1ccc(S(=O)(=O)NCC2CCN(Cc3cccc(OCCO)c3)CC2)cc1. The topological polar surface area (TPSA) is 88.1 Å². The van der Waals surface area contributed by atoms with Gasteiger partial charge in [-0.3, -0.25) is 4.90 Å². The van der Waals surface area contributed by atoms with Gasteiger partial charge in [0.25, 0.3) is 0 Å². The molecule has 3 rings (SSSR count). The molecule has 1 aliphatic rings. The molecule has 0 unspecified atom stereocenters. The summed E-state index contributed by atoms with van der Waals surface area (Å²) in [4.78, 5) is 2.63. The van der Waals surface area contributed by atoms with E-state index >= 15 is 0 Å². The zero-order valence-corrected chi connectivity index (χ0v) is 18.1. The second-order valence-corrected chi connectivity index (χ2v) is 9.23. The standard InChI is InChI=1S/C22H30N2O5S/c1-28-20-5-7-22(8-6-20)30(26,27)23-16-18-9-11-24(12-10-18)17-19-3-2-4-21(15-19)29-14-13-25/h2-8,15,18,23,25H,9-14,16-17H2,1H3. The van der Waals surface area contributed by atoms with E-state index in [-0.39, 0.29) is 11.5 Å². The average Bonchev–Trinajstić information content (AvgIpc) is 2.77. The Hall–Kier alpha value is -2.13. The monoisotopic (exact) mass is 434 g/mol. The number of aliphatic hydroxyl groups is 1. The molecule has 0 amide bonds. The highest BCUT2D eigenvalue weighted by atomic mass is 32.2. The number of rotatable bonds is 10. The van der Waals surface area contributed by atoms with Gasteiger partial charge in [0, 0.05) is 13.1 Å². The zero-order valence-electron chi connectivity index (χ0n) is 17.3. The van der Waals surface area contributed by atoms with Gasteiger partial charge >= 0.3 is 0 Å². The molecule has 0 radical (unpaired) electrons. The molecule has 0 aliphatic carbocycles. The van der Waals surface area contributed by atoms with Crippen LogP contribution in [0.25, 0.3) is 0 Å². The van der Waals surface area contributed by atoms with E-state index in [9.17, 15) is 8.42 Å². The van der Waals surface area contributed by atoms with E-state index in [2.05, 4.69) is 15.7 Å². The first-order chi connectivity index (χ1) is 14.5. The van der Waals surface area contributed by atoms with E-state index < -0.39 is 10.0 Å². The van der Waals surface area contributed by atoms with Crippen molar-refractivity contribution in [3.63, 3.8) is 0 Å². The number of nitrogens with one attached hydrogen (secondary N) is 1. The maximum atomic E-state index is 12.5. The lowest BCUT2D eigenvalue weighted by molar-refractivity contribution is 0.178. The third-order valence-electron chi connectivity index (χ3n) is 5.30. The molecule has 1 saturated heterocycles. The minimum atomic E-state index is -3.51. The smallest absolute Gasteiger partial charge is 0.240 e. The number of aliphatic hydroxyl groups excluding tert-OH is 1.